The molecule has 4 rings (SSSR count). The van der Waals surface area contributed by atoms with Crippen LogP contribution in [0.3, 0.4) is 0 Å². The summed E-state index contributed by atoms with van der Waals surface area (Å²) in [6.45, 7) is 0. The molecule has 0 bridgehead atoms. The molecule has 20 heavy (non-hydrogen) atoms. The summed E-state index contributed by atoms with van der Waals surface area (Å²) in [7, 11) is 1.65. The standard InChI is InChI=1S/C16H11NO2S/c1-19-9-6-7-12-11(8-9)14-10-4-2-3-5-13(10)20-15(14)16(18)17-12/h2-8H,1H3,(H,17,18). The fraction of sp³-hybridized carbons (Fsp3) is 0.0625. The lowest BCUT2D eigenvalue weighted by Gasteiger charge is -2.04. The van der Waals surface area contributed by atoms with Gasteiger partial charge < -0.3 is 9.72 Å². The van der Waals surface area contributed by atoms with E-state index in [2.05, 4.69) is 11.1 Å². The SMILES string of the molecule is COc1ccc2[nH]c(=O)c3sc4ccccc4c3c2c1. The number of H-pyrrole nitrogens is 1. The minimum atomic E-state index is -0.0288. The molecule has 0 aliphatic carbocycles. The van der Waals surface area contributed by atoms with Crippen molar-refractivity contribution in [2.75, 3.05) is 7.11 Å². The summed E-state index contributed by atoms with van der Waals surface area (Å²) >= 11 is 1.53. The van der Waals surface area contributed by atoms with E-state index in [1.165, 1.54) is 11.3 Å². The number of thiophene rings is 1. The smallest absolute Gasteiger partial charge is 0.266 e. The zero-order valence-electron chi connectivity index (χ0n) is 10.8. The summed E-state index contributed by atoms with van der Waals surface area (Å²) < 4.78 is 7.20. The van der Waals surface area contributed by atoms with Crippen LogP contribution < -0.4 is 10.3 Å². The highest BCUT2D eigenvalue weighted by Gasteiger charge is 2.12. The van der Waals surface area contributed by atoms with Gasteiger partial charge in [-0.2, -0.15) is 0 Å². The number of methoxy groups -OCH3 is 1. The summed E-state index contributed by atoms with van der Waals surface area (Å²) in [6, 6.07) is 13.8. The Morgan fingerprint density at radius 1 is 1.10 bits per heavy atom. The first-order valence-corrected chi connectivity index (χ1v) is 7.11. The molecule has 0 aliphatic heterocycles. The molecule has 0 radical (unpaired) electrons. The lowest BCUT2D eigenvalue weighted by Crippen LogP contribution is -2.04. The Bertz CT molecular complexity index is 1010. The lowest BCUT2D eigenvalue weighted by atomic mass is 10.1. The van der Waals surface area contributed by atoms with Gasteiger partial charge in [0.25, 0.3) is 5.56 Å². The van der Waals surface area contributed by atoms with Gasteiger partial charge in [-0.25, -0.2) is 0 Å². The quantitative estimate of drug-likeness (QED) is 0.575. The number of rotatable bonds is 1. The van der Waals surface area contributed by atoms with E-state index in [1.54, 1.807) is 7.11 Å². The number of aromatic amines is 1. The third kappa shape index (κ3) is 1.48. The molecule has 0 unspecified atom stereocenters. The van der Waals surface area contributed by atoms with Crippen LogP contribution in [0.15, 0.2) is 47.3 Å². The molecule has 0 saturated heterocycles. The molecule has 98 valence electrons. The number of fused-ring (bicyclic) bond motifs is 5. The van der Waals surface area contributed by atoms with Crippen molar-refractivity contribution in [2.45, 2.75) is 0 Å². The maximum Gasteiger partial charge on any atom is 0.266 e. The highest BCUT2D eigenvalue weighted by atomic mass is 32.1. The van der Waals surface area contributed by atoms with Gasteiger partial charge in [0.05, 0.1) is 7.11 Å². The van der Waals surface area contributed by atoms with Crippen molar-refractivity contribution in [3.8, 4) is 5.75 Å². The molecule has 0 atom stereocenters. The van der Waals surface area contributed by atoms with E-state index in [0.29, 0.717) is 0 Å². The van der Waals surface area contributed by atoms with Gasteiger partial charge >= 0.3 is 0 Å². The number of hydrogen-bond donors (Lipinski definition) is 1. The Morgan fingerprint density at radius 3 is 2.80 bits per heavy atom. The maximum atomic E-state index is 12.2. The first kappa shape index (κ1) is 11.5. The summed E-state index contributed by atoms with van der Waals surface area (Å²) in [5, 5.41) is 3.16. The first-order valence-electron chi connectivity index (χ1n) is 6.29. The van der Waals surface area contributed by atoms with E-state index in [1.807, 2.05) is 36.4 Å². The van der Waals surface area contributed by atoms with Crippen molar-refractivity contribution >= 4 is 42.4 Å². The minimum absolute atomic E-state index is 0.0288. The van der Waals surface area contributed by atoms with Crippen molar-refractivity contribution < 1.29 is 4.74 Å². The van der Waals surface area contributed by atoms with E-state index in [4.69, 9.17) is 4.74 Å². The average Bonchev–Trinajstić information content (AvgIpc) is 2.87. The van der Waals surface area contributed by atoms with Crippen molar-refractivity contribution in [1.29, 1.82) is 0 Å². The van der Waals surface area contributed by atoms with Crippen molar-refractivity contribution in [3.63, 3.8) is 0 Å². The van der Waals surface area contributed by atoms with Crippen molar-refractivity contribution in [3.05, 3.63) is 52.8 Å². The van der Waals surface area contributed by atoms with Crippen LogP contribution in [-0.2, 0) is 0 Å². The Labute approximate surface area is 118 Å². The zero-order valence-corrected chi connectivity index (χ0v) is 11.6. The second kappa shape index (κ2) is 4.08. The van der Waals surface area contributed by atoms with Gasteiger partial charge in [0.15, 0.2) is 0 Å². The summed E-state index contributed by atoms with van der Waals surface area (Å²) in [6.07, 6.45) is 0. The molecule has 0 saturated carbocycles. The van der Waals surface area contributed by atoms with Gasteiger partial charge in [0.2, 0.25) is 0 Å². The number of hydrogen-bond acceptors (Lipinski definition) is 3. The highest BCUT2D eigenvalue weighted by Crippen LogP contribution is 2.36. The van der Waals surface area contributed by atoms with Crippen molar-refractivity contribution in [1.82, 2.24) is 4.98 Å². The first-order chi connectivity index (χ1) is 9.78. The van der Waals surface area contributed by atoms with Crippen LogP contribution in [0.2, 0.25) is 0 Å². The molecule has 1 N–H and O–H groups in total. The molecule has 2 aromatic carbocycles. The predicted molar refractivity (Wildman–Crippen MR) is 84.0 cm³/mol. The molecular weight excluding hydrogens is 270 g/mol. The van der Waals surface area contributed by atoms with E-state index in [-0.39, 0.29) is 5.56 Å². The van der Waals surface area contributed by atoms with E-state index in [0.717, 1.165) is 36.8 Å². The topological polar surface area (TPSA) is 42.1 Å². The van der Waals surface area contributed by atoms with Gasteiger partial charge in [-0.05, 0) is 24.3 Å². The fourth-order valence-electron chi connectivity index (χ4n) is 2.62. The minimum Gasteiger partial charge on any atom is -0.497 e. The molecule has 3 nitrogen and oxygen atoms in total. The van der Waals surface area contributed by atoms with Gasteiger partial charge in [-0.1, -0.05) is 18.2 Å². The molecule has 0 spiro atoms. The number of aromatic nitrogens is 1. The van der Waals surface area contributed by atoms with Crippen LogP contribution in [0.4, 0.5) is 0 Å². The second-order valence-corrected chi connectivity index (χ2v) is 5.72. The monoisotopic (exact) mass is 281 g/mol. The van der Waals surface area contributed by atoms with Gasteiger partial charge in [0, 0.05) is 26.4 Å². The van der Waals surface area contributed by atoms with Gasteiger partial charge in [-0.15, -0.1) is 11.3 Å². The molecule has 4 heteroatoms. The summed E-state index contributed by atoms with van der Waals surface area (Å²) in [4.78, 5) is 15.2. The second-order valence-electron chi connectivity index (χ2n) is 4.67. The molecule has 2 heterocycles. The third-order valence-electron chi connectivity index (χ3n) is 3.55. The number of nitrogens with one attached hydrogen (secondary N) is 1. The summed E-state index contributed by atoms with van der Waals surface area (Å²) in [5.41, 5.74) is 0.811. The highest BCUT2D eigenvalue weighted by molar-refractivity contribution is 7.25. The van der Waals surface area contributed by atoms with Crippen LogP contribution in [0.5, 0.6) is 5.75 Å². The Balaban J connectivity index is 2.34. The van der Waals surface area contributed by atoms with Crippen molar-refractivity contribution in [2.24, 2.45) is 0 Å². The molecule has 0 amide bonds. The van der Waals surface area contributed by atoms with Gasteiger partial charge in [-0.3, -0.25) is 4.79 Å². The van der Waals surface area contributed by atoms with Crippen LogP contribution in [0, 0.1) is 0 Å². The lowest BCUT2D eigenvalue weighted by molar-refractivity contribution is 0.415. The van der Waals surface area contributed by atoms with E-state index >= 15 is 0 Å². The van der Waals surface area contributed by atoms with Crippen LogP contribution in [0.1, 0.15) is 0 Å². The van der Waals surface area contributed by atoms with E-state index < -0.39 is 0 Å². The molecule has 0 fully saturated rings. The largest absolute Gasteiger partial charge is 0.497 e. The Morgan fingerprint density at radius 2 is 1.95 bits per heavy atom. The normalized spacial score (nSPS) is 11.4. The Kier molecular flexibility index (Phi) is 2.35. The Hall–Kier alpha value is -2.33. The number of benzene rings is 2. The molecule has 2 aromatic heterocycles. The van der Waals surface area contributed by atoms with Crippen LogP contribution >= 0.6 is 11.3 Å². The maximum absolute atomic E-state index is 12.2. The van der Waals surface area contributed by atoms with Crippen LogP contribution in [-0.4, -0.2) is 12.1 Å². The molecular formula is C16H11NO2S. The molecule has 4 aromatic rings. The number of ether oxygens (including phenoxy) is 1. The van der Waals surface area contributed by atoms with E-state index in [9.17, 15) is 4.79 Å². The third-order valence-corrected chi connectivity index (χ3v) is 4.72. The summed E-state index contributed by atoms with van der Waals surface area (Å²) in [5.74, 6) is 0.793. The average molecular weight is 281 g/mol. The number of pyridine rings is 1. The molecule has 0 aliphatic rings. The zero-order chi connectivity index (χ0) is 13.7. The van der Waals surface area contributed by atoms with Gasteiger partial charge in [0.1, 0.15) is 10.4 Å². The fourth-order valence-corrected chi connectivity index (χ4v) is 3.73. The van der Waals surface area contributed by atoms with Crippen LogP contribution in [0.25, 0.3) is 31.1 Å². The predicted octanol–water partition coefficient (Wildman–Crippen LogP) is 3.90.